The number of piperazine rings is 1. The van der Waals surface area contributed by atoms with E-state index in [4.69, 9.17) is 0 Å². The number of anilines is 2. The van der Waals surface area contributed by atoms with Gasteiger partial charge in [-0.15, -0.1) is 0 Å². The summed E-state index contributed by atoms with van der Waals surface area (Å²) >= 11 is 0. The van der Waals surface area contributed by atoms with Gasteiger partial charge >= 0.3 is 0 Å². The summed E-state index contributed by atoms with van der Waals surface area (Å²) in [6.45, 7) is 4.80. The van der Waals surface area contributed by atoms with Crippen LogP contribution in [0.2, 0.25) is 0 Å². The maximum Gasteiger partial charge on any atom is 0.259 e. The van der Waals surface area contributed by atoms with Gasteiger partial charge in [-0.25, -0.2) is 0 Å². The molecule has 0 bridgehead atoms. The Labute approximate surface area is 159 Å². The Morgan fingerprint density at radius 3 is 2.44 bits per heavy atom. The zero-order chi connectivity index (χ0) is 18.5. The lowest BCUT2D eigenvalue weighted by molar-refractivity contribution is 0.0996. The molecule has 2 aliphatic heterocycles. The van der Waals surface area contributed by atoms with Crippen LogP contribution in [0.25, 0.3) is 10.9 Å². The number of aromatic nitrogens is 1. The van der Waals surface area contributed by atoms with Crippen LogP contribution in [0.15, 0.2) is 48.7 Å². The van der Waals surface area contributed by atoms with E-state index in [9.17, 15) is 4.79 Å². The minimum absolute atomic E-state index is 0.106. The number of nitrogens with zero attached hydrogens (tertiary/aromatic N) is 4. The Bertz CT molecular complexity index is 1030. The number of hydrogen-bond donors (Lipinski definition) is 0. The largest absolute Gasteiger partial charge is 0.369 e. The third kappa shape index (κ3) is 2.70. The third-order valence-electron chi connectivity index (χ3n) is 5.95. The van der Waals surface area contributed by atoms with E-state index in [2.05, 4.69) is 64.0 Å². The van der Waals surface area contributed by atoms with Crippen molar-refractivity contribution in [2.24, 2.45) is 7.05 Å². The summed E-state index contributed by atoms with van der Waals surface area (Å²) in [5, 5.41) is 1.20. The third-order valence-corrected chi connectivity index (χ3v) is 5.95. The summed E-state index contributed by atoms with van der Waals surface area (Å²) in [5.74, 6) is 0.106. The van der Waals surface area contributed by atoms with Gasteiger partial charge in [0.2, 0.25) is 0 Å². The molecule has 5 rings (SSSR count). The molecular weight excluding hydrogens is 336 g/mol. The molecule has 138 valence electrons. The Hall–Kier alpha value is -2.79. The molecule has 27 heavy (non-hydrogen) atoms. The number of benzene rings is 2. The van der Waals surface area contributed by atoms with Crippen LogP contribution in [0.4, 0.5) is 11.4 Å². The number of rotatable bonds is 2. The maximum absolute atomic E-state index is 13.1. The smallest absolute Gasteiger partial charge is 0.259 e. The van der Waals surface area contributed by atoms with Crippen molar-refractivity contribution >= 4 is 28.2 Å². The van der Waals surface area contributed by atoms with E-state index < -0.39 is 0 Å². The highest BCUT2D eigenvalue weighted by Gasteiger charge is 2.29. The van der Waals surface area contributed by atoms with Crippen molar-refractivity contribution in [1.82, 2.24) is 9.47 Å². The minimum atomic E-state index is 0.106. The molecule has 3 aromatic rings. The Kier molecular flexibility index (Phi) is 3.72. The average molecular weight is 360 g/mol. The molecule has 5 nitrogen and oxygen atoms in total. The fraction of sp³-hybridized carbons (Fsp3) is 0.318. The summed E-state index contributed by atoms with van der Waals surface area (Å²) < 4.78 is 2.10. The maximum atomic E-state index is 13.1. The fourth-order valence-corrected chi connectivity index (χ4v) is 4.18. The molecule has 0 spiro atoms. The van der Waals surface area contributed by atoms with Crippen LogP contribution in [0, 0.1) is 0 Å². The second kappa shape index (κ2) is 6.13. The summed E-state index contributed by atoms with van der Waals surface area (Å²) in [6.07, 6.45) is 2.05. The molecule has 0 saturated carbocycles. The van der Waals surface area contributed by atoms with Crippen LogP contribution in [0.5, 0.6) is 0 Å². The SMILES string of the molecule is CN1CCN(c2ccc3c(c2)C(=O)N(c2ccc4ccn(C)c4c2)C3)CC1. The molecule has 0 radical (unpaired) electrons. The van der Waals surface area contributed by atoms with Crippen molar-refractivity contribution in [3.63, 3.8) is 0 Å². The predicted octanol–water partition coefficient (Wildman–Crippen LogP) is 3.09. The number of carbonyl (C=O) groups is 1. The number of carbonyl (C=O) groups excluding carboxylic acids is 1. The molecule has 1 amide bonds. The number of aryl methyl sites for hydroxylation is 1. The standard InChI is InChI=1S/C22H24N4O/c1-23-9-11-25(12-10-23)18-5-4-17-15-26(22(27)20(17)13-18)19-6-3-16-7-8-24(2)21(16)14-19/h3-8,13-14H,9-12,15H2,1-2H3. The van der Waals surface area contributed by atoms with E-state index in [1.165, 1.54) is 5.39 Å². The predicted molar refractivity (Wildman–Crippen MR) is 110 cm³/mol. The van der Waals surface area contributed by atoms with Crippen molar-refractivity contribution in [2.75, 3.05) is 43.0 Å². The van der Waals surface area contributed by atoms with Gasteiger partial charge in [0.1, 0.15) is 0 Å². The molecule has 2 aliphatic rings. The first-order valence-corrected chi connectivity index (χ1v) is 9.53. The normalized spacial score (nSPS) is 17.8. The summed E-state index contributed by atoms with van der Waals surface area (Å²) in [7, 11) is 4.19. The Morgan fingerprint density at radius 2 is 1.63 bits per heavy atom. The number of hydrogen-bond acceptors (Lipinski definition) is 3. The lowest BCUT2D eigenvalue weighted by Crippen LogP contribution is -2.44. The topological polar surface area (TPSA) is 31.7 Å². The van der Waals surface area contributed by atoms with E-state index in [-0.39, 0.29) is 5.91 Å². The zero-order valence-electron chi connectivity index (χ0n) is 15.9. The highest BCUT2D eigenvalue weighted by Crippen LogP contribution is 2.33. The van der Waals surface area contributed by atoms with Gasteiger partial charge in [0, 0.05) is 61.9 Å². The van der Waals surface area contributed by atoms with Crippen molar-refractivity contribution in [1.29, 1.82) is 0 Å². The summed E-state index contributed by atoms with van der Waals surface area (Å²) in [5.41, 5.74) is 5.24. The minimum Gasteiger partial charge on any atom is -0.369 e. The van der Waals surface area contributed by atoms with E-state index in [0.717, 1.165) is 54.2 Å². The van der Waals surface area contributed by atoms with Gasteiger partial charge in [-0.2, -0.15) is 0 Å². The van der Waals surface area contributed by atoms with Crippen LogP contribution in [-0.4, -0.2) is 48.6 Å². The lowest BCUT2D eigenvalue weighted by Gasteiger charge is -2.34. The van der Waals surface area contributed by atoms with Crippen molar-refractivity contribution in [3.8, 4) is 0 Å². The molecule has 3 heterocycles. The average Bonchev–Trinajstić information content (AvgIpc) is 3.22. The molecule has 2 aromatic carbocycles. The van der Waals surface area contributed by atoms with Gasteiger partial charge < -0.3 is 19.3 Å². The Balaban J connectivity index is 1.45. The van der Waals surface area contributed by atoms with Crippen molar-refractivity contribution in [3.05, 3.63) is 59.8 Å². The van der Waals surface area contributed by atoms with Crippen LogP contribution >= 0.6 is 0 Å². The second-order valence-electron chi connectivity index (χ2n) is 7.69. The molecule has 0 N–H and O–H groups in total. The molecule has 5 heteroatoms. The van der Waals surface area contributed by atoms with Gasteiger partial charge in [0.05, 0.1) is 6.54 Å². The Morgan fingerprint density at radius 1 is 0.852 bits per heavy atom. The van der Waals surface area contributed by atoms with Gasteiger partial charge in [-0.3, -0.25) is 4.79 Å². The zero-order valence-corrected chi connectivity index (χ0v) is 15.9. The first-order chi connectivity index (χ1) is 13.1. The first-order valence-electron chi connectivity index (χ1n) is 9.53. The van der Waals surface area contributed by atoms with Crippen LogP contribution < -0.4 is 9.80 Å². The summed E-state index contributed by atoms with van der Waals surface area (Å²) in [6, 6.07) is 14.7. The molecule has 0 unspecified atom stereocenters. The quantitative estimate of drug-likeness (QED) is 0.704. The van der Waals surface area contributed by atoms with E-state index in [1.54, 1.807) is 0 Å². The highest BCUT2D eigenvalue weighted by molar-refractivity contribution is 6.11. The molecule has 0 atom stereocenters. The fourth-order valence-electron chi connectivity index (χ4n) is 4.18. The summed E-state index contributed by atoms with van der Waals surface area (Å²) in [4.78, 5) is 19.8. The van der Waals surface area contributed by atoms with Gasteiger partial charge in [-0.1, -0.05) is 12.1 Å². The first kappa shape index (κ1) is 16.4. The number of amides is 1. The van der Waals surface area contributed by atoms with Crippen LogP contribution in [0.1, 0.15) is 15.9 Å². The lowest BCUT2D eigenvalue weighted by atomic mass is 10.1. The van der Waals surface area contributed by atoms with E-state index in [1.807, 2.05) is 18.0 Å². The second-order valence-corrected chi connectivity index (χ2v) is 7.69. The van der Waals surface area contributed by atoms with Gasteiger partial charge in [0.15, 0.2) is 0 Å². The van der Waals surface area contributed by atoms with Gasteiger partial charge in [-0.05, 0) is 48.3 Å². The van der Waals surface area contributed by atoms with Crippen molar-refractivity contribution in [2.45, 2.75) is 6.54 Å². The van der Waals surface area contributed by atoms with Crippen LogP contribution in [-0.2, 0) is 13.6 Å². The number of likely N-dealkylation sites (N-methyl/N-ethyl adjacent to an activating group) is 1. The molecular formula is C22H24N4O. The number of fused-ring (bicyclic) bond motifs is 2. The molecule has 1 fully saturated rings. The molecule has 0 aliphatic carbocycles. The highest BCUT2D eigenvalue weighted by atomic mass is 16.2. The molecule has 1 aromatic heterocycles. The van der Waals surface area contributed by atoms with Crippen molar-refractivity contribution < 1.29 is 4.79 Å². The van der Waals surface area contributed by atoms with Crippen LogP contribution in [0.3, 0.4) is 0 Å². The molecule has 1 saturated heterocycles. The van der Waals surface area contributed by atoms with Gasteiger partial charge in [0.25, 0.3) is 5.91 Å². The monoisotopic (exact) mass is 360 g/mol. The van der Waals surface area contributed by atoms with E-state index in [0.29, 0.717) is 6.54 Å². The van der Waals surface area contributed by atoms with E-state index >= 15 is 0 Å².